The number of aliphatic hydroxyl groups excluding tert-OH is 1. The number of esters is 4. The number of phosphoric acid groups is 2. The number of phosphoric ester groups is 2. The van der Waals surface area contributed by atoms with Gasteiger partial charge in [-0.1, -0.05) is 319 Å². The molecule has 19 heteroatoms. The van der Waals surface area contributed by atoms with Crippen LogP contribution in [0.15, 0.2) is 0 Å². The van der Waals surface area contributed by atoms with Crippen LogP contribution < -0.4 is 0 Å². The van der Waals surface area contributed by atoms with E-state index in [2.05, 4.69) is 55.4 Å². The van der Waals surface area contributed by atoms with Gasteiger partial charge < -0.3 is 33.8 Å². The highest BCUT2D eigenvalue weighted by Gasteiger charge is 2.30. The highest BCUT2D eigenvalue weighted by atomic mass is 31.2. The summed E-state index contributed by atoms with van der Waals surface area (Å²) in [6.45, 7) is 14.1. The van der Waals surface area contributed by atoms with Gasteiger partial charge in [-0.2, -0.15) is 0 Å². The third kappa shape index (κ3) is 68.4. The Balaban J connectivity index is 5.24. The van der Waals surface area contributed by atoms with Crippen LogP contribution in [0.5, 0.6) is 0 Å². The number of hydrogen-bond acceptors (Lipinski definition) is 15. The molecule has 0 amide bonds. The summed E-state index contributed by atoms with van der Waals surface area (Å²) < 4.78 is 68.4. The van der Waals surface area contributed by atoms with Crippen molar-refractivity contribution in [3.8, 4) is 0 Å². The van der Waals surface area contributed by atoms with Crippen LogP contribution in [-0.4, -0.2) is 96.7 Å². The average molecular weight is 1370 g/mol. The summed E-state index contributed by atoms with van der Waals surface area (Å²) in [5, 5.41) is 10.6. The van der Waals surface area contributed by atoms with Gasteiger partial charge in [0.05, 0.1) is 26.4 Å². The van der Waals surface area contributed by atoms with Gasteiger partial charge in [-0.05, 0) is 49.4 Å². The fourth-order valence-electron chi connectivity index (χ4n) is 11.2. The second-order valence-electron chi connectivity index (χ2n) is 28.6. The molecule has 0 saturated carbocycles. The molecule has 0 saturated heterocycles. The monoisotopic (exact) mass is 1370 g/mol. The summed E-state index contributed by atoms with van der Waals surface area (Å²) >= 11 is 0. The summed E-state index contributed by atoms with van der Waals surface area (Å²) in [6.07, 6.45) is 47.3. The third-order valence-corrected chi connectivity index (χ3v) is 19.0. The second kappa shape index (κ2) is 63.5. The van der Waals surface area contributed by atoms with E-state index in [1.54, 1.807) is 0 Å². The molecule has 0 aliphatic carbocycles. The smallest absolute Gasteiger partial charge is 0.462 e. The van der Waals surface area contributed by atoms with E-state index in [1.807, 2.05) is 0 Å². The zero-order valence-corrected chi connectivity index (χ0v) is 62.7. The molecule has 0 aliphatic heterocycles. The number of carbonyl (C=O) groups is 4. The first kappa shape index (κ1) is 91.1. The summed E-state index contributed by atoms with van der Waals surface area (Å²) in [4.78, 5) is 72.7. The lowest BCUT2D eigenvalue weighted by atomic mass is 10.0. The van der Waals surface area contributed by atoms with Gasteiger partial charge in [0, 0.05) is 25.7 Å². The van der Waals surface area contributed by atoms with E-state index < -0.39 is 97.5 Å². The van der Waals surface area contributed by atoms with Crippen LogP contribution in [0.3, 0.4) is 0 Å². The van der Waals surface area contributed by atoms with E-state index in [0.29, 0.717) is 31.6 Å². The van der Waals surface area contributed by atoms with Crippen LogP contribution in [-0.2, 0) is 65.4 Å². The van der Waals surface area contributed by atoms with Gasteiger partial charge in [0.25, 0.3) is 0 Å². The van der Waals surface area contributed by atoms with Crippen molar-refractivity contribution in [3.05, 3.63) is 0 Å². The molecular formula is C74H144O17P2. The minimum Gasteiger partial charge on any atom is -0.462 e. The molecule has 552 valence electrons. The molecule has 0 aromatic rings. The molecule has 3 unspecified atom stereocenters. The number of unbranched alkanes of at least 4 members (excludes halogenated alkanes) is 37. The second-order valence-corrected chi connectivity index (χ2v) is 31.5. The molecule has 0 aromatic heterocycles. The predicted octanol–water partition coefficient (Wildman–Crippen LogP) is 21.3. The molecular weight excluding hydrogens is 1220 g/mol. The van der Waals surface area contributed by atoms with E-state index in [-0.39, 0.29) is 25.7 Å². The zero-order valence-electron chi connectivity index (χ0n) is 60.9. The van der Waals surface area contributed by atoms with E-state index >= 15 is 0 Å². The maximum absolute atomic E-state index is 13.1. The first-order valence-corrected chi connectivity index (χ1v) is 41.2. The Morgan fingerprint density at radius 3 is 0.667 bits per heavy atom. The summed E-state index contributed by atoms with van der Waals surface area (Å²) in [5.41, 5.74) is 0. The predicted molar refractivity (Wildman–Crippen MR) is 377 cm³/mol. The fraction of sp³-hybridized carbons (Fsp3) is 0.946. The number of aliphatic hydroxyl groups is 1. The van der Waals surface area contributed by atoms with Gasteiger partial charge in [0.15, 0.2) is 12.2 Å². The first-order chi connectivity index (χ1) is 44.6. The van der Waals surface area contributed by atoms with Crippen LogP contribution >= 0.6 is 15.6 Å². The highest BCUT2D eigenvalue weighted by molar-refractivity contribution is 7.47. The van der Waals surface area contributed by atoms with E-state index in [0.717, 1.165) is 114 Å². The number of hydrogen-bond donors (Lipinski definition) is 3. The Morgan fingerprint density at radius 2 is 0.452 bits per heavy atom. The van der Waals surface area contributed by atoms with E-state index in [9.17, 15) is 43.2 Å². The molecule has 17 nitrogen and oxygen atoms in total. The van der Waals surface area contributed by atoms with Crippen molar-refractivity contribution in [1.29, 1.82) is 0 Å². The van der Waals surface area contributed by atoms with E-state index in [1.165, 1.54) is 167 Å². The van der Waals surface area contributed by atoms with Crippen molar-refractivity contribution >= 4 is 39.5 Å². The average Bonchev–Trinajstić information content (AvgIpc) is 2.15. The van der Waals surface area contributed by atoms with Gasteiger partial charge >= 0.3 is 39.5 Å². The quantitative estimate of drug-likeness (QED) is 0.0222. The van der Waals surface area contributed by atoms with E-state index in [4.69, 9.17) is 37.0 Å². The minimum absolute atomic E-state index is 0.104. The SMILES string of the molecule is CC(C)CCCCCCCCCCCCCCCCCC(=O)O[C@H](COC(=O)CCCCCCCCCCCCC(C)C)COP(=O)(O)OCC(O)COP(=O)(O)OC[C@@H](COC(=O)CCCCCCCCCC(C)C)OC(=O)CCCCCCCCCCCC(C)C. The number of carbonyl (C=O) groups excluding carboxylic acids is 4. The van der Waals surface area contributed by atoms with Gasteiger partial charge in [0.2, 0.25) is 0 Å². The largest absolute Gasteiger partial charge is 0.472 e. The van der Waals surface area contributed by atoms with Crippen molar-refractivity contribution < 1.29 is 80.2 Å². The van der Waals surface area contributed by atoms with Crippen molar-refractivity contribution in [1.82, 2.24) is 0 Å². The molecule has 0 bridgehead atoms. The van der Waals surface area contributed by atoms with Crippen molar-refractivity contribution in [2.24, 2.45) is 23.7 Å². The van der Waals surface area contributed by atoms with Crippen molar-refractivity contribution in [3.63, 3.8) is 0 Å². The van der Waals surface area contributed by atoms with Gasteiger partial charge in [-0.15, -0.1) is 0 Å². The molecule has 0 spiro atoms. The standard InChI is InChI=1S/C74H144O17P2/c1-64(2)50-42-34-26-19-14-12-10-9-11-13-15-23-31-40-48-56-73(78)90-69(60-84-71(76)54-46-38-30-22-17-16-20-27-35-43-51-65(3)4)62-88-92(80,81)86-58-68(75)59-87-93(82,83)89-63-70(61-85-72(77)55-47-39-33-25-29-37-45-53-67(7)8)91-74(79)57-49-41-32-24-18-21-28-36-44-52-66(5)6/h64-70,75H,9-63H2,1-8H3,(H,80,81)(H,82,83)/t68?,69-,70-/m1/s1. The number of ether oxygens (including phenoxy) is 4. The summed E-state index contributed by atoms with van der Waals surface area (Å²) in [5.74, 6) is 0.878. The van der Waals surface area contributed by atoms with Crippen LogP contribution in [0, 0.1) is 23.7 Å². The topological polar surface area (TPSA) is 237 Å². The molecule has 0 radical (unpaired) electrons. The van der Waals surface area contributed by atoms with Gasteiger partial charge in [-0.3, -0.25) is 37.3 Å². The van der Waals surface area contributed by atoms with Gasteiger partial charge in [-0.25, -0.2) is 9.13 Å². The van der Waals surface area contributed by atoms with Crippen molar-refractivity contribution in [2.75, 3.05) is 39.6 Å². The molecule has 5 atom stereocenters. The van der Waals surface area contributed by atoms with Crippen LogP contribution in [0.2, 0.25) is 0 Å². The highest BCUT2D eigenvalue weighted by Crippen LogP contribution is 2.45. The molecule has 0 rings (SSSR count). The molecule has 93 heavy (non-hydrogen) atoms. The Morgan fingerprint density at radius 1 is 0.269 bits per heavy atom. The minimum atomic E-state index is -4.96. The lowest BCUT2D eigenvalue weighted by Gasteiger charge is -2.21. The number of rotatable bonds is 71. The maximum atomic E-state index is 13.1. The van der Waals surface area contributed by atoms with Crippen LogP contribution in [0.1, 0.15) is 370 Å². The Kier molecular flexibility index (Phi) is 62.2. The molecule has 0 heterocycles. The third-order valence-electron chi connectivity index (χ3n) is 17.1. The molecule has 0 aliphatic rings. The lowest BCUT2D eigenvalue weighted by molar-refractivity contribution is -0.161. The maximum Gasteiger partial charge on any atom is 0.472 e. The summed E-state index contributed by atoms with van der Waals surface area (Å²) in [6, 6.07) is 0. The molecule has 0 fully saturated rings. The lowest BCUT2D eigenvalue weighted by Crippen LogP contribution is -2.30. The van der Waals surface area contributed by atoms with Gasteiger partial charge in [0.1, 0.15) is 19.3 Å². The molecule has 3 N–H and O–H groups in total. The first-order valence-electron chi connectivity index (χ1n) is 38.2. The zero-order chi connectivity index (χ0) is 68.9. The summed E-state index contributed by atoms with van der Waals surface area (Å²) in [7, 11) is -9.91. The molecule has 0 aromatic carbocycles. The van der Waals surface area contributed by atoms with Crippen LogP contribution in [0.25, 0.3) is 0 Å². The Hall–Kier alpha value is -1.94. The fourth-order valence-corrected chi connectivity index (χ4v) is 12.8. The van der Waals surface area contributed by atoms with Crippen LogP contribution in [0.4, 0.5) is 0 Å². The Bertz CT molecular complexity index is 1830. The normalized spacial score (nSPS) is 14.2. The Labute approximate surface area is 568 Å². The van der Waals surface area contributed by atoms with Crippen molar-refractivity contribution in [2.45, 2.75) is 388 Å².